The fraction of sp³-hybridized carbons (Fsp3) is 0.188. The number of ether oxygens (including phenoxy) is 2. The van der Waals surface area contributed by atoms with E-state index in [0.29, 0.717) is 22.6 Å². The number of nitrogens with zero attached hydrogens (tertiary/aromatic N) is 2. The molecule has 6 nitrogen and oxygen atoms in total. The highest BCUT2D eigenvalue weighted by atomic mass is 16.6. The van der Waals surface area contributed by atoms with E-state index >= 15 is 0 Å². The number of methoxy groups -OCH3 is 1. The van der Waals surface area contributed by atoms with Crippen LogP contribution in [0, 0.1) is 21.4 Å². The first-order valence-electron chi connectivity index (χ1n) is 6.54. The smallest absolute Gasteiger partial charge is 0.269 e. The molecule has 2 rings (SSSR count). The van der Waals surface area contributed by atoms with Crippen molar-refractivity contribution in [2.45, 2.75) is 13.0 Å². The molecular weight excluding hydrogens is 284 g/mol. The number of rotatable bonds is 5. The number of hydrogen-bond donors (Lipinski definition) is 0. The average molecular weight is 298 g/mol. The van der Waals surface area contributed by atoms with Crippen molar-refractivity contribution in [1.29, 1.82) is 5.26 Å². The lowest BCUT2D eigenvalue weighted by Gasteiger charge is -2.17. The standard InChI is InChI=1S/C16H14N2O4/c1-11(13-4-3-5-14(9-13)18(19)20)22-15-7-6-12(10-17)8-16(15)21-2/h3-9,11H,1-2H3/t11-/m1/s1. The second-order valence-electron chi connectivity index (χ2n) is 4.59. The topological polar surface area (TPSA) is 85.4 Å². The minimum Gasteiger partial charge on any atom is -0.493 e. The summed E-state index contributed by atoms with van der Waals surface area (Å²) in [6.45, 7) is 1.79. The summed E-state index contributed by atoms with van der Waals surface area (Å²) in [5, 5.41) is 19.7. The Kier molecular flexibility index (Phi) is 4.59. The van der Waals surface area contributed by atoms with E-state index in [1.165, 1.54) is 19.2 Å². The molecule has 0 radical (unpaired) electrons. The SMILES string of the molecule is COc1cc(C#N)ccc1O[C@H](C)c1cccc([N+](=O)[O-])c1. The maximum Gasteiger partial charge on any atom is 0.269 e. The van der Waals surface area contributed by atoms with Crippen molar-refractivity contribution in [1.82, 2.24) is 0 Å². The van der Waals surface area contributed by atoms with Crippen molar-refractivity contribution in [2.24, 2.45) is 0 Å². The predicted molar refractivity (Wildman–Crippen MR) is 79.8 cm³/mol. The van der Waals surface area contributed by atoms with Crippen LogP contribution in [0.5, 0.6) is 11.5 Å². The van der Waals surface area contributed by atoms with Crippen molar-refractivity contribution in [3.8, 4) is 17.6 Å². The second-order valence-corrected chi connectivity index (χ2v) is 4.59. The van der Waals surface area contributed by atoms with Gasteiger partial charge in [0.2, 0.25) is 0 Å². The Labute approximate surface area is 127 Å². The van der Waals surface area contributed by atoms with Gasteiger partial charge in [-0.15, -0.1) is 0 Å². The van der Waals surface area contributed by atoms with Gasteiger partial charge in [-0.3, -0.25) is 10.1 Å². The second kappa shape index (κ2) is 6.59. The molecule has 1 atom stereocenters. The molecule has 0 spiro atoms. The maximum atomic E-state index is 10.8. The van der Waals surface area contributed by atoms with Crippen LogP contribution in [0.25, 0.3) is 0 Å². The average Bonchev–Trinajstić information content (AvgIpc) is 2.55. The lowest BCUT2D eigenvalue weighted by Crippen LogP contribution is -2.05. The van der Waals surface area contributed by atoms with E-state index in [4.69, 9.17) is 14.7 Å². The zero-order valence-electron chi connectivity index (χ0n) is 12.1. The number of nitriles is 1. The van der Waals surface area contributed by atoms with Crippen LogP contribution in [-0.2, 0) is 0 Å². The van der Waals surface area contributed by atoms with Crippen molar-refractivity contribution >= 4 is 5.69 Å². The Morgan fingerprint density at radius 2 is 2.00 bits per heavy atom. The summed E-state index contributed by atoms with van der Waals surface area (Å²) in [6.07, 6.45) is -0.401. The first-order valence-corrected chi connectivity index (χ1v) is 6.54. The van der Waals surface area contributed by atoms with E-state index < -0.39 is 11.0 Å². The third-order valence-electron chi connectivity index (χ3n) is 3.15. The van der Waals surface area contributed by atoms with Gasteiger partial charge in [0.15, 0.2) is 11.5 Å². The van der Waals surface area contributed by atoms with Crippen LogP contribution in [-0.4, -0.2) is 12.0 Å². The van der Waals surface area contributed by atoms with E-state index in [0.717, 1.165) is 0 Å². The molecule has 0 fully saturated rings. The molecule has 0 unspecified atom stereocenters. The fourth-order valence-electron chi connectivity index (χ4n) is 1.98. The summed E-state index contributed by atoms with van der Waals surface area (Å²) in [4.78, 5) is 10.4. The third kappa shape index (κ3) is 3.33. The van der Waals surface area contributed by atoms with Gasteiger partial charge in [-0.25, -0.2) is 0 Å². The number of nitro benzene ring substituents is 1. The molecular formula is C16H14N2O4. The summed E-state index contributed by atoms with van der Waals surface area (Å²) in [5.41, 5.74) is 1.16. The van der Waals surface area contributed by atoms with Crippen LogP contribution in [0.2, 0.25) is 0 Å². The highest BCUT2D eigenvalue weighted by Gasteiger charge is 2.14. The Morgan fingerprint density at radius 3 is 2.64 bits per heavy atom. The first kappa shape index (κ1) is 15.3. The van der Waals surface area contributed by atoms with Crippen molar-refractivity contribution in [2.75, 3.05) is 7.11 Å². The molecule has 22 heavy (non-hydrogen) atoms. The Morgan fingerprint density at radius 1 is 1.23 bits per heavy atom. The molecule has 0 saturated carbocycles. The van der Waals surface area contributed by atoms with Gasteiger partial charge < -0.3 is 9.47 Å². The maximum absolute atomic E-state index is 10.8. The highest BCUT2D eigenvalue weighted by Crippen LogP contribution is 2.32. The molecule has 0 saturated heterocycles. The zero-order chi connectivity index (χ0) is 16.1. The molecule has 0 aromatic heterocycles. The number of nitro groups is 1. The van der Waals surface area contributed by atoms with Gasteiger partial charge >= 0.3 is 0 Å². The van der Waals surface area contributed by atoms with Gasteiger partial charge in [0.25, 0.3) is 5.69 Å². The van der Waals surface area contributed by atoms with E-state index in [-0.39, 0.29) is 5.69 Å². The van der Waals surface area contributed by atoms with Gasteiger partial charge in [-0.2, -0.15) is 5.26 Å². The molecule has 2 aromatic rings. The summed E-state index contributed by atoms with van der Waals surface area (Å²) in [6, 6.07) is 13.1. The van der Waals surface area contributed by atoms with Crippen LogP contribution < -0.4 is 9.47 Å². The molecule has 112 valence electrons. The van der Waals surface area contributed by atoms with Crippen molar-refractivity contribution in [3.63, 3.8) is 0 Å². The van der Waals surface area contributed by atoms with Crippen LogP contribution >= 0.6 is 0 Å². The lowest BCUT2D eigenvalue weighted by molar-refractivity contribution is -0.385. The molecule has 0 aliphatic heterocycles. The van der Waals surface area contributed by atoms with Crippen LogP contribution in [0.1, 0.15) is 24.2 Å². The summed E-state index contributed by atoms with van der Waals surface area (Å²) in [5.74, 6) is 0.914. The van der Waals surface area contributed by atoms with E-state index in [9.17, 15) is 10.1 Å². The minimum absolute atomic E-state index is 0.0137. The zero-order valence-corrected chi connectivity index (χ0v) is 12.1. The molecule has 0 N–H and O–H groups in total. The molecule has 0 amide bonds. The van der Waals surface area contributed by atoms with Crippen LogP contribution in [0.15, 0.2) is 42.5 Å². The van der Waals surface area contributed by atoms with Gasteiger partial charge in [0, 0.05) is 18.2 Å². The molecule has 0 bridgehead atoms. The first-order chi connectivity index (χ1) is 10.5. The van der Waals surface area contributed by atoms with Gasteiger partial charge in [0.05, 0.1) is 23.7 Å². The monoisotopic (exact) mass is 298 g/mol. The summed E-state index contributed by atoms with van der Waals surface area (Å²) < 4.78 is 11.0. The Hall–Kier alpha value is -3.07. The molecule has 0 aliphatic carbocycles. The number of hydrogen-bond acceptors (Lipinski definition) is 5. The van der Waals surface area contributed by atoms with Crippen molar-refractivity contribution in [3.05, 3.63) is 63.7 Å². The number of non-ortho nitro benzene ring substituents is 1. The van der Waals surface area contributed by atoms with E-state index in [2.05, 4.69) is 0 Å². The molecule has 0 aliphatic rings. The molecule has 0 heterocycles. The lowest BCUT2D eigenvalue weighted by atomic mass is 10.1. The Bertz CT molecular complexity index is 737. The van der Waals surface area contributed by atoms with Crippen LogP contribution in [0.4, 0.5) is 5.69 Å². The predicted octanol–water partition coefficient (Wildman–Crippen LogP) is 3.62. The van der Waals surface area contributed by atoms with E-state index in [1.54, 1.807) is 37.3 Å². The highest BCUT2D eigenvalue weighted by molar-refractivity contribution is 5.47. The molecule has 2 aromatic carbocycles. The minimum atomic E-state index is -0.446. The fourth-order valence-corrected chi connectivity index (χ4v) is 1.98. The normalized spacial score (nSPS) is 11.3. The van der Waals surface area contributed by atoms with E-state index in [1.807, 2.05) is 6.07 Å². The van der Waals surface area contributed by atoms with Gasteiger partial charge in [0.1, 0.15) is 6.10 Å². The summed E-state index contributed by atoms with van der Waals surface area (Å²) in [7, 11) is 1.49. The molecule has 6 heteroatoms. The summed E-state index contributed by atoms with van der Waals surface area (Å²) >= 11 is 0. The van der Waals surface area contributed by atoms with Gasteiger partial charge in [-0.05, 0) is 24.6 Å². The van der Waals surface area contributed by atoms with Gasteiger partial charge in [-0.1, -0.05) is 12.1 Å². The Balaban J connectivity index is 2.25. The van der Waals surface area contributed by atoms with Crippen molar-refractivity contribution < 1.29 is 14.4 Å². The third-order valence-corrected chi connectivity index (χ3v) is 3.15. The largest absolute Gasteiger partial charge is 0.493 e. The van der Waals surface area contributed by atoms with Crippen LogP contribution in [0.3, 0.4) is 0 Å². The number of benzene rings is 2. The quantitative estimate of drug-likeness (QED) is 0.621.